The molecule has 12 nitrogen and oxygen atoms in total. The Labute approximate surface area is 349 Å². The second-order valence-electron chi connectivity index (χ2n) is 17.4. The number of hydrogen-bond acceptors (Lipinski definition) is 8. The Morgan fingerprint density at radius 1 is 0.949 bits per heavy atom. The van der Waals surface area contributed by atoms with Crippen molar-refractivity contribution >= 4 is 31.5 Å². The average Bonchev–Trinajstić information content (AvgIpc) is 3.93. The Hall–Kier alpha value is -5.37. The lowest BCUT2D eigenvalue weighted by Gasteiger charge is -2.36. The average molecular weight is 819 g/mol. The van der Waals surface area contributed by atoms with Gasteiger partial charge in [0.1, 0.15) is 5.75 Å². The molecule has 0 N–H and O–H groups in total. The molecule has 5 aromatic rings. The van der Waals surface area contributed by atoms with E-state index in [2.05, 4.69) is 80.6 Å². The van der Waals surface area contributed by atoms with Gasteiger partial charge in [0.05, 0.1) is 35.3 Å². The van der Waals surface area contributed by atoms with Gasteiger partial charge in [0, 0.05) is 69.5 Å². The SMILES string of the molecule is COCCN(C)CCn1c(-c2cc3c(cc2C(=O)N2Cc4ccccc4C[C@H]2C)OCO3)cc(C(=O)N(c2ccc(O[Si](C)(C)C(C)(C)C)cc2)c2cnn(C)c2)c1C. The number of carbonyl (C=O) groups excluding carboxylic acids is 2. The van der Waals surface area contributed by atoms with Crippen LogP contribution in [0.4, 0.5) is 11.4 Å². The fourth-order valence-electron chi connectivity index (χ4n) is 7.58. The predicted octanol–water partition coefficient (Wildman–Crippen LogP) is 8.45. The predicted molar refractivity (Wildman–Crippen MR) is 234 cm³/mol. The van der Waals surface area contributed by atoms with Crippen molar-refractivity contribution in [2.24, 2.45) is 7.05 Å². The van der Waals surface area contributed by atoms with Crippen LogP contribution in [-0.2, 0) is 31.3 Å². The van der Waals surface area contributed by atoms with Gasteiger partial charge in [-0.15, -0.1) is 0 Å². The summed E-state index contributed by atoms with van der Waals surface area (Å²) < 4.78 is 27.6. The summed E-state index contributed by atoms with van der Waals surface area (Å²) in [5.41, 5.74) is 6.88. The van der Waals surface area contributed by atoms with Crippen LogP contribution in [0, 0.1) is 6.92 Å². The molecule has 0 saturated carbocycles. The maximum absolute atomic E-state index is 15.2. The zero-order valence-corrected chi connectivity index (χ0v) is 37.2. The second-order valence-corrected chi connectivity index (χ2v) is 22.1. The van der Waals surface area contributed by atoms with Gasteiger partial charge in [0.2, 0.25) is 15.1 Å². The zero-order chi connectivity index (χ0) is 42.2. The van der Waals surface area contributed by atoms with E-state index in [1.54, 1.807) is 22.9 Å². The van der Waals surface area contributed by atoms with Gasteiger partial charge in [0.15, 0.2) is 11.5 Å². The number of aryl methyl sites for hydroxylation is 1. The summed E-state index contributed by atoms with van der Waals surface area (Å²) in [6.45, 7) is 18.3. The number of fused-ring (bicyclic) bond motifs is 2. The summed E-state index contributed by atoms with van der Waals surface area (Å²) in [5.74, 6) is 1.52. The van der Waals surface area contributed by atoms with Crippen LogP contribution in [0.3, 0.4) is 0 Å². The molecule has 312 valence electrons. The van der Waals surface area contributed by atoms with E-state index >= 15 is 4.79 Å². The number of likely N-dealkylation sites (N-methyl/N-ethyl adjacent to an activating group) is 1. The van der Waals surface area contributed by atoms with Crippen molar-refractivity contribution in [1.82, 2.24) is 24.1 Å². The van der Waals surface area contributed by atoms with Gasteiger partial charge in [-0.05, 0) is 99.0 Å². The molecule has 2 aromatic heterocycles. The van der Waals surface area contributed by atoms with Crippen LogP contribution >= 0.6 is 0 Å². The molecule has 13 heteroatoms. The second kappa shape index (κ2) is 16.7. The molecular weight excluding hydrogens is 761 g/mol. The number of anilines is 2. The summed E-state index contributed by atoms with van der Waals surface area (Å²) in [6, 6.07) is 21.7. The van der Waals surface area contributed by atoms with Gasteiger partial charge in [-0.3, -0.25) is 19.2 Å². The topological polar surface area (TPSA) is 104 Å². The van der Waals surface area contributed by atoms with Gasteiger partial charge in [-0.25, -0.2) is 0 Å². The van der Waals surface area contributed by atoms with Crippen LogP contribution in [-0.4, -0.2) is 91.0 Å². The standard InChI is InChI=1S/C46H58N6O6Si/c1-31-23-33-13-11-12-14-34(33)28-51(31)44(53)40-26-43-42(56-30-57-43)25-39(40)41-24-38(32(2)50(41)20-19-48(6)21-22-55-8)45(54)52(36-27-47-49(7)29-36)35-15-17-37(18-16-35)58-59(9,10)46(3,4)5/h11-18,24-27,29,31H,19-23,28,30H2,1-10H3/t31-/m1/s1. The maximum atomic E-state index is 15.2. The molecule has 0 spiro atoms. The molecule has 1 atom stereocenters. The van der Waals surface area contributed by atoms with E-state index in [1.165, 1.54) is 5.56 Å². The Morgan fingerprint density at radius 2 is 1.64 bits per heavy atom. The first-order chi connectivity index (χ1) is 28.1. The Balaban J connectivity index is 1.33. The largest absolute Gasteiger partial charge is 0.544 e. The number of ether oxygens (including phenoxy) is 3. The first-order valence-corrected chi connectivity index (χ1v) is 23.3. The van der Waals surface area contributed by atoms with E-state index in [1.807, 2.05) is 73.6 Å². The lowest BCUT2D eigenvalue weighted by molar-refractivity contribution is 0.0658. The number of benzene rings is 3. The highest BCUT2D eigenvalue weighted by Crippen LogP contribution is 2.42. The third kappa shape index (κ3) is 8.55. The van der Waals surface area contributed by atoms with Crippen molar-refractivity contribution < 1.29 is 28.2 Å². The fourth-order valence-corrected chi connectivity index (χ4v) is 8.61. The van der Waals surface area contributed by atoms with E-state index in [4.69, 9.17) is 18.6 Å². The smallest absolute Gasteiger partial charge is 0.264 e. The van der Waals surface area contributed by atoms with Gasteiger partial charge in [-0.2, -0.15) is 5.10 Å². The summed E-state index contributed by atoms with van der Waals surface area (Å²) in [4.78, 5) is 35.9. The first kappa shape index (κ1) is 41.8. The van der Waals surface area contributed by atoms with E-state index in [0.29, 0.717) is 65.8 Å². The molecule has 0 bridgehead atoms. The Morgan fingerprint density at radius 3 is 2.31 bits per heavy atom. The van der Waals surface area contributed by atoms with Gasteiger partial charge < -0.3 is 33.0 Å². The minimum Gasteiger partial charge on any atom is -0.544 e. The third-order valence-electron chi connectivity index (χ3n) is 12.2. The van der Waals surface area contributed by atoms with E-state index < -0.39 is 8.32 Å². The molecule has 4 heterocycles. The summed E-state index contributed by atoms with van der Waals surface area (Å²) in [7, 11) is 3.49. The maximum Gasteiger partial charge on any atom is 0.264 e. The molecule has 0 radical (unpaired) electrons. The summed E-state index contributed by atoms with van der Waals surface area (Å²) in [5, 5.41) is 4.47. The van der Waals surface area contributed by atoms with Crippen molar-refractivity contribution in [3.63, 3.8) is 0 Å². The van der Waals surface area contributed by atoms with Crippen molar-refractivity contribution in [3.05, 3.63) is 107 Å². The minimum absolute atomic E-state index is 0.0255. The lowest BCUT2D eigenvalue weighted by Crippen LogP contribution is -2.43. The summed E-state index contributed by atoms with van der Waals surface area (Å²) in [6.07, 6.45) is 4.29. The van der Waals surface area contributed by atoms with Crippen LogP contribution in [0.5, 0.6) is 17.2 Å². The highest BCUT2D eigenvalue weighted by atomic mass is 28.4. The van der Waals surface area contributed by atoms with Crippen LogP contribution in [0.15, 0.2) is 79.1 Å². The fraction of sp³-hybridized carbons (Fsp3) is 0.413. The van der Waals surface area contributed by atoms with Crippen LogP contribution in [0.2, 0.25) is 18.1 Å². The number of nitrogens with zero attached hydrogens (tertiary/aromatic N) is 6. The number of aromatic nitrogens is 3. The Bertz CT molecular complexity index is 2330. The molecule has 3 aromatic carbocycles. The van der Waals surface area contributed by atoms with Crippen LogP contribution in [0.1, 0.15) is 65.2 Å². The highest BCUT2D eigenvalue weighted by Gasteiger charge is 2.39. The molecular formula is C46H58N6O6Si. The molecule has 0 unspecified atom stereocenters. The van der Waals surface area contributed by atoms with E-state index in [-0.39, 0.29) is 29.7 Å². The molecule has 2 aliphatic heterocycles. The zero-order valence-electron chi connectivity index (χ0n) is 36.2. The van der Waals surface area contributed by atoms with Crippen LogP contribution < -0.4 is 18.8 Å². The highest BCUT2D eigenvalue weighted by molar-refractivity contribution is 6.74. The number of amides is 2. The first-order valence-electron chi connectivity index (χ1n) is 20.4. The van der Waals surface area contributed by atoms with E-state index in [9.17, 15) is 4.79 Å². The lowest BCUT2D eigenvalue weighted by atomic mass is 9.93. The van der Waals surface area contributed by atoms with Gasteiger partial charge >= 0.3 is 0 Å². The van der Waals surface area contributed by atoms with Crippen molar-refractivity contribution in [2.45, 2.75) is 78.3 Å². The molecule has 0 fully saturated rings. The van der Waals surface area contributed by atoms with Crippen molar-refractivity contribution in [1.29, 1.82) is 0 Å². The molecule has 2 aliphatic rings. The van der Waals surface area contributed by atoms with Crippen molar-refractivity contribution in [3.8, 4) is 28.5 Å². The van der Waals surface area contributed by atoms with E-state index in [0.717, 1.165) is 35.7 Å². The van der Waals surface area contributed by atoms with Crippen molar-refractivity contribution in [2.75, 3.05) is 45.5 Å². The van der Waals surface area contributed by atoms with Gasteiger partial charge in [-0.1, -0.05) is 45.0 Å². The summed E-state index contributed by atoms with van der Waals surface area (Å²) >= 11 is 0. The molecule has 0 saturated heterocycles. The molecule has 7 rings (SSSR count). The monoisotopic (exact) mass is 818 g/mol. The molecule has 2 amide bonds. The third-order valence-corrected chi connectivity index (χ3v) is 16.6. The number of carbonyl (C=O) groups is 2. The number of hydrogen-bond donors (Lipinski definition) is 0. The van der Waals surface area contributed by atoms with Crippen LogP contribution in [0.25, 0.3) is 11.3 Å². The van der Waals surface area contributed by atoms with Gasteiger partial charge in [0.25, 0.3) is 11.8 Å². The quantitative estimate of drug-likeness (QED) is 0.109. The molecule has 59 heavy (non-hydrogen) atoms. The molecule has 0 aliphatic carbocycles. The normalized spacial score (nSPS) is 15.1. The Kier molecular flexibility index (Phi) is 11.8. The number of rotatable bonds is 13. The minimum atomic E-state index is -2.09. The number of methoxy groups -OCH3 is 1.